The highest BCUT2D eigenvalue weighted by Gasteiger charge is 2.32. The highest BCUT2D eigenvalue weighted by atomic mass is 15.7. The fraction of sp³-hybridized carbons (Fsp3) is 1.00. The second-order valence-corrected chi connectivity index (χ2v) is 4.43. The molecule has 0 radical (unpaired) electrons. The van der Waals surface area contributed by atoms with Gasteiger partial charge >= 0.3 is 0 Å². The Bertz CT molecular complexity index is 158. The molecular weight excluding hydrogens is 162 g/mol. The Hall–Kier alpha value is -0.120. The lowest BCUT2D eigenvalue weighted by molar-refractivity contribution is 0.140. The van der Waals surface area contributed by atoms with E-state index in [2.05, 4.69) is 50.1 Å². The quantitative estimate of drug-likeness (QED) is 0.718. The van der Waals surface area contributed by atoms with E-state index in [0.717, 1.165) is 6.67 Å². The Balaban J connectivity index is 2.60. The van der Waals surface area contributed by atoms with Gasteiger partial charge in [-0.15, -0.1) is 0 Å². The summed E-state index contributed by atoms with van der Waals surface area (Å²) in [7, 11) is 2.11. The third-order valence-electron chi connectivity index (χ3n) is 2.87. The van der Waals surface area contributed by atoms with Gasteiger partial charge in [-0.3, -0.25) is 4.90 Å². The topological polar surface area (TPSA) is 18.5 Å². The van der Waals surface area contributed by atoms with E-state index in [-0.39, 0.29) is 0 Å². The lowest BCUT2D eigenvalue weighted by Gasteiger charge is -2.30. The lowest BCUT2D eigenvalue weighted by atomic mass is 10.1. The van der Waals surface area contributed by atoms with Crippen LogP contribution < -0.4 is 5.43 Å². The summed E-state index contributed by atoms with van der Waals surface area (Å²) in [4.78, 5) is 2.53. The molecule has 0 aromatic heterocycles. The highest BCUT2D eigenvalue weighted by molar-refractivity contribution is 4.80. The fourth-order valence-electron chi connectivity index (χ4n) is 1.85. The Labute approximate surface area is 82.1 Å². The number of rotatable bonds is 3. The van der Waals surface area contributed by atoms with Gasteiger partial charge in [0.2, 0.25) is 0 Å². The van der Waals surface area contributed by atoms with E-state index < -0.39 is 0 Å². The third-order valence-corrected chi connectivity index (χ3v) is 2.87. The molecule has 3 nitrogen and oxygen atoms in total. The van der Waals surface area contributed by atoms with Gasteiger partial charge in [0.25, 0.3) is 0 Å². The van der Waals surface area contributed by atoms with Crippen LogP contribution in [0, 0.1) is 5.92 Å². The van der Waals surface area contributed by atoms with Gasteiger partial charge in [-0.25, -0.2) is 10.4 Å². The second kappa shape index (κ2) is 4.40. The molecule has 0 aromatic carbocycles. The molecule has 1 N–H and O–H groups in total. The van der Waals surface area contributed by atoms with Gasteiger partial charge in [-0.2, -0.15) is 0 Å². The Morgan fingerprint density at radius 3 is 2.46 bits per heavy atom. The van der Waals surface area contributed by atoms with Crippen LogP contribution in [0.4, 0.5) is 0 Å². The molecule has 13 heavy (non-hydrogen) atoms. The number of nitrogens with zero attached hydrogens (tertiary/aromatic N) is 2. The molecule has 0 amide bonds. The van der Waals surface area contributed by atoms with Crippen LogP contribution in [0.3, 0.4) is 0 Å². The molecule has 2 unspecified atom stereocenters. The van der Waals surface area contributed by atoms with E-state index in [4.69, 9.17) is 0 Å². The standard InChI is InChI=1S/C10H23N3/c1-6-9(4)13-7-12(5)11-10(13)8(2)3/h8-11H,6-7H2,1-5H3. The fourth-order valence-corrected chi connectivity index (χ4v) is 1.85. The SMILES string of the molecule is CCC(C)N1CN(C)NC1C(C)C. The minimum atomic E-state index is 0.514. The van der Waals surface area contributed by atoms with E-state index in [1.807, 2.05) is 0 Å². The molecule has 0 aliphatic carbocycles. The van der Waals surface area contributed by atoms with Crippen molar-refractivity contribution in [3.63, 3.8) is 0 Å². The molecule has 0 bridgehead atoms. The van der Waals surface area contributed by atoms with Gasteiger partial charge in [0.15, 0.2) is 0 Å². The molecule has 1 heterocycles. The maximum absolute atomic E-state index is 3.48. The van der Waals surface area contributed by atoms with Crippen LogP contribution >= 0.6 is 0 Å². The van der Waals surface area contributed by atoms with E-state index in [0.29, 0.717) is 18.1 Å². The van der Waals surface area contributed by atoms with Crippen molar-refractivity contribution in [2.24, 2.45) is 5.92 Å². The van der Waals surface area contributed by atoms with Crippen LogP contribution in [0.15, 0.2) is 0 Å². The molecule has 78 valence electrons. The first-order valence-corrected chi connectivity index (χ1v) is 5.29. The van der Waals surface area contributed by atoms with Gasteiger partial charge in [0.05, 0.1) is 12.8 Å². The van der Waals surface area contributed by atoms with Gasteiger partial charge in [-0.05, 0) is 19.3 Å². The van der Waals surface area contributed by atoms with Crippen LogP contribution in [0.25, 0.3) is 0 Å². The summed E-state index contributed by atoms with van der Waals surface area (Å²) >= 11 is 0. The Morgan fingerprint density at radius 1 is 1.38 bits per heavy atom. The normalized spacial score (nSPS) is 28.6. The molecule has 1 rings (SSSR count). The van der Waals surface area contributed by atoms with Crippen LogP contribution in [-0.4, -0.2) is 35.8 Å². The minimum Gasteiger partial charge on any atom is -0.270 e. The summed E-state index contributed by atoms with van der Waals surface area (Å²) in [5.41, 5.74) is 3.48. The summed E-state index contributed by atoms with van der Waals surface area (Å²) in [6.45, 7) is 10.1. The molecule has 1 aliphatic rings. The summed E-state index contributed by atoms with van der Waals surface area (Å²) in [5, 5.41) is 2.18. The molecule has 2 atom stereocenters. The van der Waals surface area contributed by atoms with Crippen LogP contribution in [0.2, 0.25) is 0 Å². The smallest absolute Gasteiger partial charge is 0.0767 e. The van der Waals surface area contributed by atoms with Crippen molar-refractivity contribution in [3.8, 4) is 0 Å². The molecule has 0 saturated carbocycles. The Kier molecular flexibility index (Phi) is 3.71. The first kappa shape index (κ1) is 11.0. The van der Waals surface area contributed by atoms with Crippen molar-refractivity contribution in [1.82, 2.24) is 15.3 Å². The van der Waals surface area contributed by atoms with E-state index in [9.17, 15) is 0 Å². The van der Waals surface area contributed by atoms with Gasteiger partial charge < -0.3 is 0 Å². The maximum Gasteiger partial charge on any atom is 0.0767 e. The molecule has 1 saturated heterocycles. The third kappa shape index (κ3) is 2.42. The maximum atomic E-state index is 3.48. The van der Waals surface area contributed by atoms with Gasteiger partial charge in [-0.1, -0.05) is 20.8 Å². The number of hydrogen-bond acceptors (Lipinski definition) is 3. The lowest BCUT2D eigenvalue weighted by Crippen LogP contribution is -2.44. The summed E-state index contributed by atoms with van der Waals surface area (Å²) < 4.78 is 0. The van der Waals surface area contributed by atoms with Crippen molar-refractivity contribution < 1.29 is 0 Å². The van der Waals surface area contributed by atoms with Crippen molar-refractivity contribution in [2.45, 2.75) is 46.3 Å². The summed E-state index contributed by atoms with van der Waals surface area (Å²) in [6.07, 6.45) is 1.73. The number of nitrogens with one attached hydrogen (secondary N) is 1. The summed E-state index contributed by atoms with van der Waals surface area (Å²) in [5.74, 6) is 0.666. The monoisotopic (exact) mass is 185 g/mol. The van der Waals surface area contributed by atoms with Crippen LogP contribution in [0.5, 0.6) is 0 Å². The molecule has 0 spiro atoms. The van der Waals surface area contributed by atoms with Crippen LogP contribution in [0.1, 0.15) is 34.1 Å². The average molecular weight is 185 g/mol. The van der Waals surface area contributed by atoms with Gasteiger partial charge in [0, 0.05) is 13.1 Å². The van der Waals surface area contributed by atoms with Crippen molar-refractivity contribution in [2.75, 3.05) is 13.7 Å². The van der Waals surface area contributed by atoms with E-state index >= 15 is 0 Å². The molecule has 1 aliphatic heterocycles. The average Bonchev–Trinajstić information content (AvgIpc) is 2.46. The second-order valence-electron chi connectivity index (χ2n) is 4.43. The first-order valence-electron chi connectivity index (χ1n) is 5.29. The van der Waals surface area contributed by atoms with Crippen molar-refractivity contribution in [3.05, 3.63) is 0 Å². The molecule has 0 aromatic rings. The zero-order chi connectivity index (χ0) is 10.0. The largest absolute Gasteiger partial charge is 0.270 e. The molecular formula is C10H23N3. The van der Waals surface area contributed by atoms with Crippen LogP contribution in [-0.2, 0) is 0 Å². The Morgan fingerprint density at radius 2 is 2.00 bits per heavy atom. The zero-order valence-electron chi connectivity index (χ0n) is 9.54. The van der Waals surface area contributed by atoms with E-state index in [1.165, 1.54) is 6.42 Å². The highest BCUT2D eigenvalue weighted by Crippen LogP contribution is 2.18. The minimum absolute atomic E-state index is 0.514. The predicted molar refractivity (Wildman–Crippen MR) is 56.0 cm³/mol. The number of hydrogen-bond donors (Lipinski definition) is 1. The number of hydrazine groups is 1. The predicted octanol–water partition coefficient (Wildman–Crippen LogP) is 1.48. The van der Waals surface area contributed by atoms with Crippen molar-refractivity contribution >= 4 is 0 Å². The first-order chi connectivity index (χ1) is 6.06. The van der Waals surface area contributed by atoms with Crippen molar-refractivity contribution in [1.29, 1.82) is 0 Å². The summed E-state index contributed by atoms with van der Waals surface area (Å²) in [6, 6.07) is 0.671. The molecule has 1 fully saturated rings. The van der Waals surface area contributed by atoms with Gasteiger partial charge in [0.1, 0.15) is 0 Å². The van der Waals surface area contributed by atoms with E-state index in [1.54, 1.807) is 0 Å². The molecule has 3 heteroatoms. The zero-order valence-corrected chi connectivity index (χ0v) is 9.54.